The van der Waals surface area contributed by atoms with Gasteiger partial charge in [-0.05, 0) is 24.1 Å². The molecule has 128 valence electrons. The molecule has 0 saturated heterocycles. The summed E-state index contributed by atoms with van der Waals surface area (Å²) >= 11 is 0. The lowest BCUT2D eigenvalue weighted by molar-refractivity contribution is -0.151. The molecule has 1 aromatic heterocycles. The minimum atomic E-state index is -0.794. The van der Waals surface area contributed by atoms with Crippen LogP contribution >= 0.6 is 0 Å². The first-order chi connectivity index (χ1) is 12.0. The monoisotopic (exact) mass is 335 g/mol. The molecule has 0 radical (unpaired) electrons. The van der Waals surface area contributed by atoms with Gasteiger partial charge in [-0.25, -0.2) is 4.79 Å². The van der Waals surface area contributed by atoms with Crippen molar-refractivity contribution < 1.29 is 14.3 Å². The maximum absolute atomic E-state index is 12.3. The van der Waals surface area contributed by atoms with E-state index in [2.05, 4.69) is 15.4 Å². The third kappa shape index (κ3) is 3.33. The number of esters is 1. The summed E-state index contributed by atoms with van der Waals surface area (Å²) in [5.74, 6) is -1.50. The number of carbonyl (C=O) groups is 2. The van der Waals surface area contributed by atoms with Gasteiger partial charge in [0.25, 0.3) is 0 Å². The zero-order chi connectivity index (χ0) is 18.0. The van der Waals surface area contributed by atoms with Gasteiger partial charge < -0.3 is 9.30 Å². The Balaban J connectivity index is 2.11. The highest BCUT2D eigenvalue weighted by molar-refractivity contribution is 6.33. The first-order valence-corrected chi connectivity index (χ1v) is 8.23. The van der Waals surface area contributed by atoms with Crippen LogP contribution in [0.5, 0.6) is 0 Å². The van der Waals surface area contributed by atoms with E-state index < -0.39 is 11.8 Å². The van der Waals surface area contributed by atoms with Crippen LogP contribution in [0.25, 0.3) is 10.9 Å². The number of hydrogen-bond acceptors (Lipinski definition) is 3. The average Bonchev–Trinajstić information content (AvgIpc) is 2.96. The highest BCUT2D eigenvalue weighted by Gasteiger charge is 2.25. The standard InChI is InChI=1S/C21H21NO3/c1-14-8-10-15(11-9-14)17(12-20(23)21(24)25-3)18-13-22(2)19-7-5-4-6-16(18)19/h4-11,13,17H,12H2,1-3H3/t17-/m0/s1. The smallest absolute Gasteiger partial charge is 0.374 e. The van der Waals surface area contributed by atoms with Crippen molar-refractivity contribution in [2.45, 2.75) is 19.3 Å². The Bertz CT molecular complexity index is 922. The quantitative estimate of drug-likeness (QED) is 0.527. The summed E-state index contributed by atoms with van der Waals surface area (Å²) in [7, 11) is 3.22. The molecule has 25 heavy (non-hydrogen) atoms. The number of aromatic nitrogens is 1. The summed E-state index contributed by atoms with van der Waals surface area (Å²) in [6, 6.07) is 16.2. The molecule has 0 fully saturated rings. The second-order valence-electron chi connectivity index (χ2n) is 6.29. The molecule has 0 N–H and O–H groups in total. The molecule has 3 aromatic rings. The first-order valence-electron chi connectivity index (χ1n) is 8.23. The van der Waals surface area contributed by atoms with E-state index in [4.69, 9.17) is 0 Å². The molecule has 4 nitrogen and oxygen atoms in total. The summed E-state index contributed by atoms with van der Waals surface area (Å²) in [6.45, 7) is 2.02. The maximum atomic E-state index is 12.3. The Labute approximate surface area is 147 Å². The Morgan fingerprint density at radius 3 is 2.44 bits per heavy atom. The molecule has 0 aliphatic rings. The highest BCUT2D eigenvalue weighted by Crippen LogP contribution is 2.34. The van der Waals surface area contributed by atoms with E-state index in [-0.39, 0.29) is 12.3 Å². The number of carbonyl (C=O) groups excluding carboxylic acids is 2. The van der Waals surface area contributed by atoms with Gasteiger partial charge in [0.2, 0.25) is 5.78 Å². The molecule has 0 saturated carbocycles. The van der Waals surface area contributed by atoms with Crippen LogP contribution in [0.4, 0.5) is 0 Å². The molecular weight excluding hydrogens is 314 g/mol. The lowest BCUT2D eigenvalue weighted by Gasteiger charge is -2.16. The van der Waals surface area contributed by atoms with Gasteiger partial charge in [0.05, 0.1) is 7.11 Å². The molecule has 2 aromatic carbocycles. The number of Topliss-reactive ketones (excluding diaryl/α,β-unsaturated/α-hetero) is 1. The van der Waals surface area contributed by atoms with Crippen molar-refractivity contribution in [2.75, 3.05) is 7.11 Å². The van der Waals surface area contributed by atoms with E-state index in [0.29, 0.717) is 0 Å². The Morgan fingerprint density at radius 2 is 1.76 bits per heavy atom. The van der Waals surface area contributed by atoms with E-state index in [0.717, 1.165) is 27.6 Å². The Hall–Kier alpha value is -2.88. The second kappa shape index (κ2) is 6.93. The zero-order valence-electron chi connectivity index (χ0n) is 14.7. The average molecular weight is 335 g/mol. The number of ketones is 1. The number of methoxy groups -OCH3 is 1. The van der Waals surface area contributed by atoms with Crippen LogP contribution in [0.2, 0.25) is 0 Å². The Kier molecular flexibility index (Phi) is 4.70. The molecule has 4 heteroatoms. The van der Waals surface area contributed by atoms with Crippen molar-refractivity contribution in [3.05, 3.63) is 71.4 Å². The van der Waals surface area contributed by atoms with E-state index in [1.165, 1.54) is 7.11 Å². The van der Waals surface area contributed by atoms with Crippen molar-refractivity contribution >= 4 is 22.7 Å². The molecule has 0 unspecified atom stereocenters. The zero-order valence-corrected chi connectivity index (χ0v) is 14.7. The van der Waals surface area contributed by atoms with Gasteiger partial charge in [-0.2, -0.15) is 0 Å². The van der Waals surface area contributed by atoms with Crippen molar-refractivity contribution in [3.63, 3.8) is 0 Å². The second-order valence-corrected chi connectivity index (χ2v) is 6.29. The third-order valence-corrected chi connectivity index (χ3v) is 4.59. The summed E-state index contributed by atoms with van der Waals surface area (Å²) in [4.78, 5) is 23.9. The lowest BCUT2D eigenvalue weighted by atomic mass is 9.86. The summed E-state index contributed by atoms with van der Waals surface area (Å²) < 4.78 is 6.65. The fraction of sp³-hybridized carbons (Fsp3) is 0.238. The van der Waals surface area contributed by atoms with Crippen molar-refractivity contribution in [1.29, 1.82) is 0 Å². The fourth-order valence-electron chi connectivity index (χ4n) is 3.24. The van der Waals surface area contributed by atoms with Crippen molar-refractivity contribution in [1.82, 2.24) is 4.57 Å². The van der Waals surface area contributed by atoms with Gasteiger partial charge in [0.1, 0.15) is 0 Å². The molecule has 1 heterocycles. The van der Waals surface area contributed by atoms with E-state index >= 15 is 0 Å². The van der Waals surface area contributed by atoms with E-state index in [9.17, 15) is 9.59 Å². The number of rotatable bonds is 5. The van der Waals surface area contributed by atoms with Gasteiger partial charge in [0.15, 0.2) is 0 Å². The van der Waals surface area contributed by atoms with Gasteiger partial charge in [0, 0.05) is 36.5 Å². The largest absolute Gasteiger partial charge is 0.463 e. The van der Waals surface area contributed by atoms with Crippen LogP contribution < -0.4 is 0 Å². The molecule has 0 aliphatic heterocycles. The summed E-state index contributed by atoms with van der Waals surface area (Å²) in [5.41, 5.74) is 4.30. The van der Waals surface area contributed by atoms with Crippen LogP contribution in [0.1, 0.15) is 29.0 Å². The Morgan fingerprint density at radius 1 is 1.08 bits per heavy atom. The number of para-hydroxylation sites is 1. The minimum absolute atomic E-state index is 0.0870. The maximum Gasteiger partial charge on any atom is 0.374 e. The third-order valence-electron chi connectivity index (χ3n) is 4.59. The van der Waals surface area contributed by atoms with Gasteiger partial charge in [-0.3, -0.25) is 4.79 Å². The number of fused-ring (bicyclic) bond motifs is 1. The van der Waals surface area contributed by atoms with Gasteiger partial charge in [-0.15, -0.1) is 0 Å². The first kappa shape index (κ1) is 17.0. The van der Waals surface area contributed by atoms with E-state index in [1.807, 2.05) is 62.6 Å². The highest BCUT2D eigenvalue weighted by atomic mass is 16.5. The molecule has 1 atom stereocenters. The van der Waals surface area contributed by atoms with Crippen LogP contribution in [0.3, 0.4) is 0 Å². The number of benzene rings is 2. The van der Waals surface area contributed by atoms with Crippen LogP contribution in [-0.2, 0) is 21.4 Å². The predicted molar refractivity (Wildman–Crippen MR) is 97.6 cm³/mol. The number of nitrogens with zero attached hydrogens (tertiary/aromatic N) is 1. The van der Waals surface area contributed by atoms with Gasteiger partial charge >= 0.3 is 5.97 Å². The molecule has 0 amide bonds. The predicted octanol–water partition coefficient (Wildman–Crippen LogP) is 3.75. The van der Waals surface area contributed by atoms with Crippen molar-refractivity contribution in [2.24, 2.45) is 7.05 Å². The number of aryl methyl sites for hydroxylation is 2. The normalized spacial score (nSPS) is 12.1. The fourth-order valence-corrected chi connectivity index (χ4v) is 3.24. The van der Waals surface area contributed by atoms with Crippen LogP contribution in [0.15, 0.2) is 54.7 Å². The van der Waals surface area contributed by atoms with Crippen LogP contribution in [-0.4, -0.2) is 23.4 Å². The van der Waals surface area contributed by atoms with E-state index in [1.54, 1.807) is 0 Å². The molecule has 3 rings (SSSR count). The molecule has 0 bridgehead atoms. The molecule has 0 spiro atoms. The van der Waals surface area contributed by atoms with Gasteiger partial charge in [-0.1, -0.05) is 48.0 Å². The molecular formula is C21H21NO3. The lowest BCUT2D eigenvalue weighted by Crippen LogP contribution is -2.19. The van der Waals surface area contributed by atoms with Crippen molar-refractivity contribution in [3.8, 4) is 0 Å². The summed E-state index contributed by atoms with van der Waals surface area (Å²) in [5, 5.41) is 1.09. The number of ether oxygens (including phenoxy) is 1. The topological polar surface area (TPSA) is 48.3 Å². The molecule has 0 aliphatic carbocycles. The SMILES string of the molecule is COC(=O)C(=O)C[C@@H](c1ccc(C)cc1)c1cn(C)c2ccccc12. The summed E-state index contributed by atoms with van der Waals surface area (Å²) in [6.07, 6.45) is 2.13. The van der Waals surface area contributed by atoms with Crippen LogP contribution in [0, 0.1) is 6.92 Å². The minimum Gasteiger partial charge on any atom is -0.463 e. The number of hydrogen-bond donors (Lipinski definition) is 0.